The summed E-state index contributed by atoms with van der Waals surface area (Å²) in [4.78, 5) is 14.0. The van der Waals surface area contributed by atoms with E-state index in [9.17, 15) is 4.79 Å². The highest BCUT2D eigenvalue weighted by Gasteiger charge is 2.05. The number of rotatable bonds is 8. The standard InChI is InChI=1S/C18H25N3O2/c1-3-21(16-7-4-6-15(2)14-16)12-11-20-18(22)19-10-9-17-8-5-13-23-17/h4-8,13-14H,3,9-12H2,1-2H3,(H2,19,20,22). The van der Waals surface area contributed by atoms with Gasteiger partial charge in [-0.2, -0.15) is 0 Å². The minimum Gasteiger partial charge on any atom is -0.469 e. The first-order valence-electron chi connectivity index (χ1n) is 8.04. The van der Waals surface area contributed by atoms with Gasteiger partial charge in [0.1, 0.15) is 5.76 Å². The highest BCUT2D eigenvalue weighted by molar-refractivity contribution is 5.73. The fourth-order valence-corrected chi connectivity index (χ4v) is 2.42. The van der Waals surface area contributed by atoms with Crippen LogP contribution in [0.5, 0.6) is 0 Å². The highest BCUT2D eigenvalue weighted by Crippen LogP contribution is 2.14. The van der Waals surface area contributed by atoms with Gasteiger partial charge in [-0.25, -0.2) is 4.79 Å². The van der Waals surface area contributed by atoms with Gasteiger partial charge >= 0.3 is 6.03 Å². The Morgan fingerprint density at radius 2 is 2.00 bits per heavy atom. The van der Waals surface area contributed by atoms with Gasteiger partial charge in [-0.1, -0.05) is 12.1 Å². The van der Waals surface area contributed by atoms with Crippen LogP contribution < -0.4 is 15.5 Å². The number of anilines is 1. The molecule has 0 bridgehead atoms. The lowest BCUT2D eigenvalue weighted by Crippen LogP contribution is -2.41. The fraction of sp³-hybridized carbons (Fsp3) is 0.389. The molecule has 0 spiro atoms. The first kappa shape index (κ1) is 16.9. The van der Waals surface area contributed by atoms with Crippen LogP contribution in [0.2, 0.25) is 0 Å². The Bertz CT molecular complexity index is 596. The first-order valence-corrected chi connectivity index (χ1v) is 8.04. The average Bonchev–Trinajstić information content (AvgIpc) is 3.05. The Labute approximate surface area is 137 Å². The summed E-state index contributed by atoms with van der Waals surface area (Å²) in [7, 11) is 0. The van der Waals surface area contributed by atoms with Gasteiger partial charge in [0.25, 0.3) is 0 Å². The number of carbonyl (C=O) groups is 1. The number of urea groups is 1. The minimum absolute atomic E-state index is 0.142. The van der Waals surface area contributed by atoms with Crippen molar-refractivity contribution >= 4 is 11.7 Å². The molecule has 1 aromatic carbocycles. The second kappa shape index (κ2) is 8.88. The van der Waals surface area contributed by atoms with E-state index in [0.29, 0.717) is 19.5 Å². The van der Waals surface area contributed by atoms with Crippen LogP contribution >= 0.6 is 0 Å². The molecule has 0 fully saturated rings. The molecule has 0 atom stereocenters. The monoisotopic (exact) mass is 315 g/mol. The zero-order valence-corrected chi connectivity index (χ0v) is 13.8. The predicted molar refractivity (Wildman–Crippen MR) is 92.9 cm³/mol. The molecule has 2 aromatic rings. The van der Waals surface area contributed by atoms with Crippen molar-refractivity contribution in [3.63, 3.8) is 0 Å². The van der Waals surface area contributed by atoms with Crippen LogP contribution in [0.15, 0.2) is 47.1 Å². The van der Waals surface area contributed by atoms with Crippen molar-refractivity contribution in [3.8, 4) is 0 Å². The number of nitrogens with one attached hydrogen (secondary N) is 2. The van der Waals surface area contributed by atoms with Gasteiger partial charge in [-0.05, 0) is 43.7 Å². The summed E-state index contributed by atoms with van der Waals surface area (Å²) in [5.41, 5.74) is 2.43. The summed E-state index contributed by atoms with van der Waals surface area (Å²) in [5, 5.41) is 5.72. The summed E-state index contributed by atoms with van der Waals surface area (Å²) in [6.07, 6.45) is 2.34. The molecule has 5 heteroatoms. The minimum atomic E-state index is -0.142. The average molecular weight is 315 g/mol. The number of nitrogens with zero attached hydrogens (tertiary/aromatic N) is 1. The van der Waals surface area contributed by atoms with Crippen molar-refractivity contribution in [1.29, 1.82) is 0 Å². The molecule has 0 aliphatic heterocycles. The maximum Gasteiger partial charge on any atom is 0.314 e. The van der Waals surface area contributed by atoms with E-state index in [0.717, 1.165) is 18.8 Å². The summed E-state index contributed by atoms with van der Waals surface area (Å²) in [6, 6.07) is 12.0. The van der Waals surface area contributed by atoms with Gasteiger partial charge in [0, 0.05) is 38.3 Å². The lowest BCUT2D eigenvalue weighted by molar-refractivity contribution is 0.241. The summed E-state index contributed by atoms with van der Waals surface area (Å²) < 4.78 is 5.22. The molecule has 5 nitrogen and oxygen atoms in total. The van der Waals surface area contributed by atoms with Gasteiger partial charge in [0.15, 0.2) is 0 Å². The number of aryl methyl sites for hydroxylation is 1. The molecule has 0 aliphatic rings. The lowest BCUT2D eigenvalue weighted by atomic mass is 10.2. The van der Waals surface area contributed by atoms with Crippen LogP contribution in [0.1, 0.15) is 18.2 Å². The highest BCUT2D eigenvalue weighted by atomic mass is 16.3. The van der Waals surface area contributed by atoms with Crippen LogP contribution in [0.25, 0.3) is 0 Å². The Kier molecular flexibility index (Phi) is 6.54. The Morgan fingerprint density at radius 1 is 1.17 bits per heavy atom. The van der Waals surface area contributed by atoms with E-state index >= 15 is 0 Å². The normalized spacial score (nSPS) is 10.3. The Balaban J connectivity index is 1.67. The van der Waals surface area contributed by atoms with Crippen LogP contribution in [-0.4, -0.2) is 32.2 Å². The summed E-state index contributed by atoms with van der Waals surface area (Å²) in [5.74, 6) is 0.877. The van der Waals surface area contributed by atoms with Crippen LogP contribution in [0.4, 0.5) is 10.5 Å². The Hall–Kier alpha value is -2.43. The van der Waals surface area contributed by atoms with Gasteiger partial charge in [-0.3, -0.25) is 0 Å². The molecular weight excluding hydrogens is 290 g/mol. The van der Waals surface area contributed by atoms with E-state index in [1.165, 1.54) is 11.3 Å². The first-order chi connectivity index (χ1) is 11.2. The SMILES string of the molecule is CCN(CCNC(=O)NCCc1ccco1)c1cccc(C)c1. The molecule has 0 saturated carbocycles. The van der Waals surface area contributed by atoms with Crippen LogP contribution in [0.3, 0.4) is 0 Å². The second-order valence-corrected chi connectivity index (χ2v) is 5.43. The molecule has 1 aromatic heterocycles. The van der Waals surface area contributed by atoms with Gasteiger partial charge < -0.3 is 20.0 Å². The van der Waals surface area contributed by atoms with Gasteiger partial charge in [0.2, 0.25) is 0 Å². The van der Waals surface area contributed by atoms with E-state index in [2.05, 4.69) is 53.6 Å². The molecule has 124 valence electrons. The van der Waals surface area contributed by atoms with Crippen LogP contribution in [0, 0.1) is 6.92 Å². The molecule has 2 amide bonds. The maximum absolute atomic E-state index is 11.8. The molecule has 2 rings (SSSR count). The van der Waals surface area contributed by atoms with Crippen molar-refractivity contribution in [1.82, 2.24) is 10.6 Å². The fourth-order valence-electron chi connectivity index (χ4n) is 2.42. The van der Waals surface area contributed by atoms with Crippen molar-refractivity contribution in [2.24, 2.45) is 0 Å². The number of hydrogen-bond donors (Lipinski definition) is 2. The van der Waals surface area contributed by atoms with E-state index in [1.54, 1.807) is 6.26 Å². The lowest BCUT2D eigenvalue weighted by Gasteiger charge is -2.23. The number of furan rings is 1. The zero-order chi connectivity index (χ0) is 16.5. The van der Waals surface area contributed by atoms with Crippen LogP contribution in [-0.2, 0) is 6.42 Å². The molecule has 0 aliphatic carbocycles. The number of hydrogen-bond acceptors (Lipinski definition) is 3. The van der Waals surface area contributed by atoms with Crippen molar-refractivity contribution in [3.05, 3.63) is 54.0 Å². The maximum atomic E-state index is 11.8. The van der Waals surface area contributed by atoms with Crippen molar-refractivity contribution in [2.45, 2.75) is 20.3 Å². The van der Waals surface area contributed by atoms with E-state index in [1.807, 2.05) is 12.1 Å². The molecule has 0 unspecified atom stereocenters. The number of carbonyl (C=O) groups excluding carboxylic acids is 1. The third-order valence-electron chi connectivity index (χ3n) is 3.65. The second-order valence-electron chi connectivity index (χ2n) is 5.43. The smallest absolute Gasteiger partial charge is 0.314 e. The number of amides is 2. The predicted octanol–water partition coefficient (Wildman–Crippen LogP) is 2.96. The molecule has 0 radical (unpaired) electrons. The Morgan fingerprint density at radius 3 is 2.70 bits per heavy atom. The van der Waals surface area contributed by atoms with Gasteiger partial charge in [0.05, 0.1) is 6.26 Å². The van der Waals surface area contributed by atoms with Crippen molar-refractivity contribution in [2.75, 3.05) is 31.1 Å². The van der Waals surface area contributed by atoms with Gasteiger partial charge in [-0.15, -0.1) is 0 Å². The number of benzene rings is 1. The molecule has 1 heterocycles. The quantitative estimate of drug-likeness (QED) is 0.787. The van der Waals surface area contributed by atoms with E-state index < -0.39 is 0 Å². The topological polar surface area (TPSA) is 57.5 Å². The van der Waals surface area contributed by atoms with Crippen molar-refractivity contribution < 1.29 is 9.21 Å². The molecular formula is C18H25N3O2. The summed E-state index contributed by atoms with van der Waals surface area (Å²) in [6.45, 7) is 7.06. The largest absolute Gasteiger partial charge is 0.469 e. The number of likely N-dealkylation sites (N-methyl/N-ethyl adjacent to an activating group) is 1. The molecule has 0 saturated heterocycles. The zero-order valence-electron chi connectivity index (χ0n) is 13.8. The third-order valence-corrected chi connectivity index (χ3v) is 3.65. The summed E-state index contributed by atoms with van der Waals surface area (Å²) >= 11 is 0. The molecule has 23 heavy (non-hydrogen) atoms. The third kappa shape index (κ3) is 5.70. The molecule has 2 N–H and O–H groups in total. The van der Waals surface area contributed by atoms with E-state index in [-0.39, 0.29) is 6.03 Å². The van der Waals surface area contributed by atoms with E-state index in [4.69, 9.17) is 4.42 Å².